The molecular weight excluding hydrogens is 796 g/mol. The molecule has 10 atom stereocenters. The van der Waals surface area contributed by atoms with Crippen LogP contribution in [-0.2, 0) is 28.5 Å². The Hall–Kier alpha value is -6.37. The number of aliphatic hydroxyl groups excluding tert-OH is 5. The van der Waals surface area contributed by atoms with Gasteiger partial charge in [-0.3, -0.25) is 4.79 Å². The van der Waals surface area contributed by atoms with Crippen LogP contribution in [0.5, 0.6) is 46.0 Å². The average molecular weight is 833 g/mol. The third kappa shape index (κ3) is 8.19. The van der Waals surface area contributed by atoms with Crippen LogP contribution in [0.3, 0.4) is 0 Å². The van der Waals surface area contributed by atoms with Gasteiger partial charge in [0.25, 0.3) is 0 Å². The van der Waals surface area contributed by atoms with E-state index in [1.54, 1.807) is 0 Å². The molecule has 0 aliphatic carbocycles. The molecule has 6 rings (SSSR count). The van der Waals surface area contributed by atoms with Crippen molar-refractivity contribution in [1.82, 2.24) is 0 Å². The van der Waals surface area contributed by atoms with Gasteiger partial charge >= 0.3 is 11.9 Å². The molecule has 2 aliphatic rings. The van der Waals surface area contributed by atoms with Gasteiger partial charge in [0.15, 0.2) is 64.9 Å². The third-order valence-corrected chi connectivity index (χ3v) is 9.31. The molecule has 2 saturated heterocycles. The van der Waals surface area contributed by atoms with Crippen LogP contribution in [0.2, 0.25) is 0 Å². The van der Waals surface area contributed by atoms with Crippen LogP contribution in [-0.4, -0.2) is 148 Å². The molecule has 0 amide bonds. The van der Waals surface area contributed by atoms with Gasteiger partial charge in [-0.05, 0) is 42.0 Å². The zero-order valence-corrected chi connectivity index (χ0v) is 30.1. The summed E-state index contributed by atoms with van der Waals surface area (Å²) in [7, 11) is 1.12. The average Bonchev–Trinajstić information content (AvgIpc) is 3.20. The highest BCUT2D eigenvalue weighted by Gasteiger charge is 2.54. The summed E-state index contributed by atoms with van der Waals surface area (Å²) in [5, 5.41) is 124. The number of benzene rings is 3. The van der Waals surface area contributed by atoms with E-state index in [0.29, 0.717) is 0 Å². The molecule has 4 unspecified atom stereocenters. The quantitative estimate of drug-likeness (QED) is 0.0493. The van der Waals surface area contributed by atoms with Crippen LogP contribution >= 0.6 is 0 Å². The number of carboxylic acids is 1. The number of esters is 1. The van der Waals surface area contributed by atoms with Gasteiger partial charge in [0.2, 0.25) is 23.2 Å². The molecule has 2 fully saturated rings. The maximum absolute atomic E-state index is 14.2. The van der Waals surface area contributed by atoms with Gasteiger partial charge in [-0.2, -0.15) is 0 Å². The van der Waals surface area contributed by atoms with Crippen molar-refractivity contribution in [2.45, 2.75) is 61.4 Å². The van der Waals surface area contributed by atoms with Crippen LogP contribution in [0.25, 0.3) is 28.4 Å². The van der Waals surface area contributed by atoms with Crippen molar-refractivity contribution in [2.24, 2.45) is 0 Å². The Bertz CT molecular complexity index is 2320. The summed E-state index contributed by atoms with van der Waals surface area (Å²) < 4.78 is 38.9. The number of phenols is 6. The van der Waals surface area contributed by atoms with Crippen LogP contribution in [0.1, 0.15) is 5.56 Å². The maximum Gasteiger partial charge on any atom is 0.335 e. The van der Waals surface area contributed by atoms with Gasteiger partial charge in [-0.1, -0.05) is 6.07 Å². The van der Waals surface area contributed by atoms with E-state index in [9.17, 15) is 75.7 Å². The summed E-state index contributed by atoms with van der Waals surface area (Å²) in [6.45, 7) is -0.974. The van der Waals surface area contributed by atoms with E-state index in [1.165, 1.54) is 6.07 Å². The van der Waals surface area contributed by atoms with Gasteiger partial charge in [0, 0.05) is 17.7 Å². The fourth-order valence-corrected chi connectivity index (χ4v) is 6.23. The van der Waals surface area contributed by atoms with Gasteiger partial charge in [-0.15, -0.1) is 0 Å². The first-order chi connectivity index (χ1) is 27.9. The van der Waals surface area contributed by atoms with E-state index in [0.717, 1.165) is 55.7 Å². The number of carboxylic acid groups (broad SMARTS) is 1. The fraction of sp³-hybridized carbons (Fsp3) is 0.324. The molecule has 2 aliphatic heterocycles. The lowest BCUT2D eigenvalue weighted by atomic mass is 9.97. The number of hydrogen-bond donors (Lipinski definition) is 12. The van der Waals surface area contributed by atoms with Gasteiger partial charge in [0.05, 0.1) is 13.7 Å². The monoisotopic (exact) mass is 832 g/mol. The molecule has 3 heterocycles. The number of rotatable bonds is 11. The summed E-state index contributed by atoms with van der Waals surface area (Å²) in [4.78, 5) is 39.3. The summed E-state index contributed by atoms with van der Waals surface area (Å²) in [6.07, 6.45) is -19.5. The Kier molecular flexibility index (Phi) is 12.1. The predicted molar refractivity (Wildman–Crippen MR) is 191 cm³/mol. The van der Waals surface area contributed by atoms with Crippen molar-refractivity contribution in [1.29, 1.82) is 0 Å². The largest absolute Gasteiger partial charge is 0.504 e. The predicted octanol–water partition coefficient (Wildman–Crippen LogP) is -0.938. The molecule has 0 radical (unpaired) electrons. The first-order valence-electron chi connectivity index (χ1n) is 17.2. The Morgan fingerprint density at radius 1 is 0.780 bits per heavy atom. The fourth-order valence-electron chi connectivity index (χ4n) is 6.23. The second-order valence-electron chi connectivity index (χ2n) is 13.1. The highest BCUT2D eigenvalue weighted by molar-refractivity contribution is 5.91. The van der Waals surface area contributed by atoms with E-state index in [4.69, 9.17) is 32.8 Å². The molecule has 59 heavy (non-hydrogen) atoms. The van der Waals surface area contributed by atoms with E-state index in [2.05, 4.69) is 0 Å². The SMILES string of the molecule is COc1cc2oc(-c3ccc(O)c(O)c3)c(O[C@@H]3OC(C(=O)O)[C@@H](O)[C@H](O)C3O[C@@H]3OC(CO)[C@@H](O)[C@H](O)C3OC(=O)/C=C/c3ccc(O)c(O)c3)c(=O)c2c(O)c1O. The van der Waals surface area contributed by atoms with Crippen LogP contribution in [0, 0.1) is 0 Å². The van der Waals surface area contributed by atoms with E-state index < -0.39 is 142 Å². The number of aliphatic carboxylic acids is 1. The molecule has 316 valence electrons. The number of methoxy groups -OCH3 is 1. The first kappa shape index (κ1) is 42.2. The molecule has 0 bridgehead atoms. The number of fused-ring (bicyclic) bond motifs is 1. The second-order valence-corrected chi connectivity index (χ2v) is 13.1. The highest BCUT2D eigenvalue weighted by atomic mass is 16.8. The minimum Gasteiger partial charge on any atom is -0.504 e. The molecule has 12 N–H and O–H groups in total. The number of aliphatic hydroxyl groups is 5. The molecule has 0 spiro atoms. The Morgan fingerprint density at radius 2 is 1.44 bits per heavy atom. The van der Waals surface area contributed by atoms with E-state index >= 15 is 0 Å². The Morgan fingerprint density at radius 3 is 2.07 bits per heavy atom. The van der Waals surface area contributed by atoms with Crippen molar-refractivity contribution in [3.63, 3.8) is 0 Å². The minimum absolute atomic E-state index is 0.193. The lowest BCUT2D eigenvalue weighted by Crippen LogP contribution is -2.66. The van der Waals surface area contributed by atoms with Crippen molar-refractivity contribution < 1.29 is 104 Å². The van der Waals surface area contributed by atoms with E-state index in [-0.39, 0.29) is 16.9 Å². The van der Waals surface area contributed by atoms with Crippen LogP contribution in [0.4, 0.5) is 0 Å². The zero-order chi connectivity index (χ0) is 43.0. The lowest BCUT2D eigenvalue weighted by molar-refractivity contribution is -0.355. The molecule has 1 aromatic heterocycles. The normalized spacial score (nSPS) is 27.1. The third-order valence-electron chi connectivity index (χ3n) is 9.31. The van der Waals surface area contributed by atoms with Crippen molar-refractivity contribution in [2.75, 3.05) is 13.7 Å². The topological polar surface area (TPSA) is 362 Å². The highest BCUT2D eigenvalue weighted by Crippen LogP contribution is 2.44. The van der Waals surface area contributed by atoms with Crippen molar-refractivity contribution >= 4 is 29.0 Å². The zero-order valence-electron chi connectivity index (χ0n) is 30.1. The molecule has 22 nitrogen and oxygen atoms in total. The maximum atomic E-state index is 14.2. The number of carbonyl (C=O) groups is 2. The number of aromatic hydroxyl groups is 6. The lowest BCUT2D eigenvalue weighted by Gasteiger charge is -2.46. The number of hydrogen-bond acceptors (Lipinski definition) is 21. The number of phenolic OH excluding ortho intramolecular Hbond substituents is 6. The summed E-state index contributed by atoms with van der Waals surface area (Å²) >= 11 is 0. The van der Waals surface area contributed by atoms with Crippen LogP contribution in [0.15, 0.2) is 57.8 Å². The standard InChI is InChI=1S/C37H36O22/c1-53-19-10-18-22(25(46)23(19)44)26(47)31(30(54-18)13-4-6-15(40)17(42)9-13)57-37-34(29(50)28(49)32(58-37)35(51)52)59-36-33(27(48)24(45)20(11-38)55-36)56-21(43)7-3-12-2-5-14(39)16(41)8-12/h2-10,20,24,27-29,32-34,36-42,44-46,48-50H,11H2,1H3,(H,51,52)/b7-3+/t20?,24-,27+,28+,29+,32?,33?,34?,36+,37-/m1/s1. The smallest absolute Gasteiger partial charge is 0.335 e. The van der Waals surface area contributed by atoms with Gasteiger partial charge in [-0.25, -0.2) is 9.59 Å². The molecular formula is C37H36O22. The molecule has 0 saturated carbocycles. The van der Waals surface area contributed by atoms with Crippen molar-refractivity contribution in [3.05, 3.63) is 64.3 Å². The second kappa shape index (κ2) is 16.8. The molecule has 4 aromatic rings. The van der Waals surface area contributed by atoms with Gasteiger partial charge < -0.3 is 94.1 Å². The number of carbonyl (C=O) groups excluding carboxylic acids is 1. The summed E-state index contributed by atoms with van der Waals surface area (Å²) in [6, 6.07) is 7.56. The summed E-state index contributed by atoms with van der Waals surface area (Å²) in [5.74, 6) is -9.34. The van der Waals surface area contributed by atoms with Crippen LogP contribution < -0.4 is 14.9 Å². The number of ether oxygens (including phenoxy) is 6. The van der Waals surface area contributed by atoms with Crippen molar-refractivity contribution in [3.8, 4) is 57.3 Å². The Balaban J connectivity index is 1.42. The summed E-state index contributed by atoms with van der Waals surface area (Å²) in [5.41, 5.74) is -1.75. The first-order valence-corrected chi connectivity index (χ1v) is 17.2. The molecule has 22 heteroatoms. The minimum atomic E-state index is -2.36. The molecule has 3 aromatic carbocycles. The van der Waals surface area contributed by atoms with E-state index in [1.807, 2.05) is 0 Å². The Labute approximate surface area is 329 Å². The van der Waals surface area contributed by atoms with Gasteiger partial charge in [0.1, 0.15) is 41.5 Å².